The number of amides is 1. The van der Waals surface area contributed by atoms with Gasteiger partial charge in [0.1, 0.15) is 16.9 Å². The molecule has 0 atom stereocenters. The minimum absolute atomic E-state index is 0.0336. The highest BCUT2D eigenvalue weighted by atomic mass is 32.2. The maximum Gasteiger partial charge on any atom is 0.271 e. The molecule has 0 aliphatic heterocycles. The van der Waals surface area contributed by atoms with Gasteiger partial charge in [0.15, 0.2) is 0 Å². The van der Waals surface area contributed by atoms with Gasteiger partial charge in [-0.3, -0.25) is 10.2 Å². The Kier molecular flexibility index (Phi) is 5.64. The van der Waals surface area contributed by atoms with E-state index in [1.807, 2.05) is 37.4 Å². The Labute approximate surface area is 167 Å². The number of aromatic nitrogens is 2. The number of fused-ring (bicyclic) bond motifs is 1. The fourth-order valence-electron chi connectivity index (χ4n) is 3.68. The van der Waals surface area contributed by atoms with Gasteiger partial charge < -0.3 is 4.57 Å². The topological polar surface area (TPSA) is 59.0 Å². The summed E-state index contributed by atoms with van der Waals surface area (Å²) in [6, 6.07) is 11.0. The van der Waals surface area contributed by atoms with E-state index in [1.165, 1.54) is 31.2 Å². The average Bonchev–Trinajstić information content (AvgIpc) is 3.09. The summed E-state index contributed by atoms with van der Waals surface area (Å²) in [7, 11) is 1.83. The molecule has 0 spiro atoms. The van der Waals surface area contributed by atoms with E-state index in [2.05, 4.69) is 15.2 Å². The van der Waals surface area contributed by atoms with Crippen LogP contribution in [0.4, 0.5) is 4.39 Å². The van der Waals surface area contributed by atoms with Crippen molar-refractivity contribution in [2.75, 3.05) is 0 Å². The number of benzene rings is 2. The molecule has 28 heavy (non-hydrogen) atoms. The SMILES string of the molecule is Cn1cnc2c(C(=O)NNSC3CCCCC3)c(F)c(-c3ccccc3)cc21. The second-order valence-electron chi connectivity index (χ2n) is 7.14. The third kappa shape index (κ3) is 3.77. The van der Waals surface area contributed by atoms with Gasteiger partial charge in [-0.25, -0.2) is 9.37 Å². The predicted octanol–water partition coefficient (Wildman–Crippen LogP) is 4.59. The zero-order chi connectivity index (χ0) is 19.5. The van der Waals surface area contributed by atoms with Gasteiger partial charge in [0.25, 0.3) is 5.91 Å². The van der Waals surface area contributed by atoms with Crippen LogP contribution in [0.1, 0.15) is 42.5 Å². The summed E-state index contributed by atoms with van der Waals surface area (Å²) in [5.41, 5.74) is 4.81. The van der Waals surface area contributed by atoms with Crippen LogP contribution in [-0.2, 0) is 7.05 Å². The number of rotatable bonds is 5. The molecule has 1 aliphatic carbocycles. The van der Waals surface area contributed by atoms with Crippen molar-refractivity contribution in [2.24, 2.45) is 7.05 Å². The van der Waals surface area contributed by atoms with Gasteiger partial charge in [0, 0.05) is 17.9 Å². The minimum atomic E-state index is -0.556. The van der Waals surface area contributed by atoms with Crippen LogP contribution in [0.2, 0.25) is 0 Å². The molecule has 1 amide bonds. The summed E-state index contributed by atoms with van der Waals surface area (Å²) in [6.45, 7) is 0. The van der Waals surface area contributed by atoms with Crippen molar-refractivity contribution in [1.29, 1.82) is 0 Å². The summed E-state index contributed by atoms with van der Waals surface area (Å²) < 4.78 is 17.2. The molecule has 0 radical (unpaired) electrons. The number of hydrazine groups is 1. The highest BCUT2D eigenvalue weighted by molar-refractivity contribution is 7.98. The lowest BCUT2D eigenvalue weighted by molar-refractivity contribution is 0.0944. The number of halogens is 1. The first-order valence-corrected chi connectivity index (χ1v) is 10.4. The number of nitrogens with one attached hydrogen (secondary N) is 2. The molecule has 1 fully saturated rings. The molecule has 7 heteroatoms. The summed E-state index contributed by atoms with van der Waals surface area (Å²) in [4.78, 5) is 20.0. The third-order valence-electron chi connectivity index (χ3n) is 5.21. The molecule has 1 saturated carbocycles. The Morgan fingerprint density at radius 3 is 2.71 bits per heavy atom. The zero-order valence-corrected chi connectivity index (χ0v) is 16.6. The Balaban J connectivity index is 1.63. The maximum atomic E-state index is 15.4. The number of aryl methyl sites for hydroxylation is 1. The van der Waals surface area contributed by atoms with Crippen LogP contribution in [0.15, 0.2) is 42.7 Å². The molecule has 1 aliphatic rings. The molecular weight excluding hydrogens is 375 g/mol. The van der Waals surface area contributed by atoms with E-state index in [0.29, 0.717) is 21.8 Å². The van der Waals surface area contributed by atoms with Crippen LogP contribution in [0.3, 0.4) is 0 Å². The lowest BCUT2D eigenvalue weighted by Crippen LogP contribution is -2.35. The van der Waals surface area contributed by atoms with Crippen LogP contribution in [0.25, 0.3) is 22.2 Å². The van der Waals surface area contributed by atoms with Crippen LogP contribution in [0, 0.1) is 5.82 Å². The van der Waals surface area contributed by atoms with E-state index in [9.17, 15) is 4.79 Å². The monoisotopic (exact) mass is 398 g/mol. The third-order valence-corrected chi connectivity index (χ3v) is 6.24. The number of hydrogen-bond acceptors (Lipinski definition) is 4. The standard InChI is InChI=1S/C21H23FN4OS/c1-26-13-23-20-17(26)12-16(14-8-4-2-5-9-14)19(22)18(20)21(27)24-25-28-15-10-6-3-7-11-15/h2,4-5,8-9,12-13,15,25H,3,6-7,10-11H2,1H3,(H,24,27). The highest BCUT2D eigenvalue weighted by Crippen LogP contribution is 2.31. The molecule has 1 aromatic heterocycles. The summed E-state index contributed by atoms with van der Waals surface area (Å²) >= 11 is 1.51. The second-order valence-corrected chi connectivity index (χ2v) is 8.24. The largest absolute Gasteiger partial charge is 0.334 e. The Bertz CT molecular complexity index is 983. The van der Waals surface area contributed by atoms with Gasteiger partial charge in [0.2, 0.25) is 0 Å². The van der Waals surface area contributed by atoms with Crippen molar-refractivity contribution in [1.82, 2.24) is 19.8 Å². The smallest absolute Gasteiger partial charge is 0.271 e. The van der Waals surface area contributed by atoms with Crippen molar-refractivity contribution in [2.45, 2.75) is 37.4 Å². The van der Waals surface area contributed by atoms with Crippen LogP contribution >= 0.6 is 11.9 Å². The fraction of sp³-hybridized carbons (Fsp3) is 0.333. The first kappa shape index (κ1) is 19.0. The number of nitrogens with zero attached hydrogens (tertiary/aromatic N) is 2. The molecule has 0 saturated heterocycles. The lowest BCUT2D eigenvalue weighted by Gasteiger charge is -2.21. The van der Waals surface area contributed by atoms with Crippen LogP contribution in [0.5, 0.6) is 0 Å². The lowest BCUT2D eigenvalue weighted by atomic mass is 10.00. The van der Waals surface area contributed by atoms with E-state index >= 15 is 4.39 Å². The summed E-state index contributed by atoms with van der Waals surface area (Å²) in [5.74, 6) is -1.07. The molecule has 2 aromatic carbocycles. The molecular formula is C21H23FN4OS. The van der Waals surface area contributed by atoms with Crippen LogP contribution < -0.4 is 10.3 Å². The van der Waals surface area contributed by atoms with Crippen molar-refractivity contribution in [3.8, 4) is 11.1 Å². The Morgan fingerprint density at radius 2 is 1.96 bits per heavy atom. The minimum Gasteiger partial charge on any atom is -0.334 e. The van der Waals surface area contributed by atoms with Crippen molar-refractivity contribution in [3.05, 3.63) is 54.1 Å². The Morgan fingerprint density at radius 1 is 1.21 bits per heavy atom. The van der Waals surface area contributed by atoms with Gasteiger partial charge in [-0.1, -0.05) is 61.5 Å². The molecule has 1 heterocycles. The number of hydrogen-bond donors (Lipinski definition) is 2. The van der Waals surface area contributed by atoms with Gasteiger partial charge in [-0.15, -0.1) is 0 Å². The predicted molar refractivity (Wildman–Crippen MR) is 111 cm³/mol. The molecule has 3 aromatic rings. The molecule has 0 unspecified atom stereocenters. The molecule has 146 valence electrons. The van der Waals surface area contributed by atoms with Gasteiger partial charge in [0.05, 0.1) is 11.8 Å². The zero-order valence-electron chi connectivity index (χ0n) is 15.7. The molecule has 4 rings (SSSR count). The van der Waals surface area contributed by atoms with Crippen LogP contribution in [-0.4, -0.2) is 20.7 Å². The summed E-state index contributed by atoms with van der Waals surface area (Å²) in [6.07, 6.45) is 7.58. The first-order valence-electron chi connectivity index (χ1n) is 9.55. The van der Waals surface area contributed by atoms with Crippen molar-refractivity contribution >= 4 is 28.9 Å². The van der Waals surface area contributed by atoms with E-state index in [4.69, 9.17) is 0 Å². The molecule has 2 N–H and O–H groups in total. The van der Waals surface area contributed by atoms with Gasteiger partial charge in [-0.2, -0.15) is 4.83 Å². The van der Waals surface area contributed by atoms with E-state index in [0.717, 1.165) is 18.4 Å². The molecule has 5 nitrogen and oxygen atoms in total. The molecule has 0 bridgehead atoms. The normalized spacial score (nSPS) is 15.1. The quantitative estimate of drug-likeness (QED) is 0.487. The van der Waals surface area contributed by atoms with Gasteiger partial charge >= 0.3 is 0 Å². The van der Waals surface area contributed by atoms with Crippen molar-refractivity contribution < 1.29 is 9.18 Å². The number of carbonyl (C=O) groups excluding carboxylic acids is 1. The summed E-state index contributed by atoms with van der Waals surface area (Å²) in [5, 5.41) is 0.476. The fourth-order valence-corrected chi connectivity index (χ4v) is 4.57. The van der Waals surface area contributed by atoms with E-state index in [1.54, 1.807) is 17.0 Å². The van der Waals surface area contributed by atoms with Gasteiger partial charge in [-0.05, 0) is 24.5 Å². The average molecular weight is 399 g/mol. The Hall–Kier alpha value is -2.38. The van der Waals surface area contributed by atoms with Crippen molar-refractivity contribution in [3.63, 3.8) is 0 Å². The number of imidazole rings is 1. The van der Waals surface area contributed by atoms with E-state index < -0.39 is 11.7 Å². The second kappa shape index (κ2) is 8.32. The first-order chi connectivity index (χ1) is 13.6. The van der Waals surface area contributed by atoms with E-state index in [-0.39, 0.29) is 5.56 Å². The number of carbonyl (C=O) groups is 1. The highest BCUT2D eigenvalue weighted by Gasteiger charge is 2.23. The maximum absolute atomic E-state index is 15.4.